The van der Waals surface area contributed by atoms with Crippen LogP contribution in [0.3, 0.4) is 0 Å². The Morgan fingerprint density at radius 2 is 1.75 bits per heavy atom. The standard InChI is InChI=1S/C10H7BrF3NO/c11-6-1-3-7(4-2-6)15-9(16)5-8(12)10(13)14/h1-4H,5H2,(H,15,16). The average Bonchev–Trinajstić information content (AvgIpc) is 2.21. The third kappa shape index (κ3) is 4.06. The fourth-order valence-electron chi connectivity index (χ4n) is 0.946. The lowest BCUT2D eigenvalue weighted by Gasteiger charge is -2.03. The van der Waals surface area contributed by atoms with Crippen LogP contribution in [-0.4, -0.2) is 5.91 Å². The number of halogens is 4. The quantitative estimate of drug-likeness (QED) is 0.901. The fraction of sp³-hybridized carbons (Fsp3) is 0.100. The zero-order valence-electron chi connectivity index (χ0n) is 7.94. The van der Waals surface area contributed by atoms with Crippen molar-refractivity contribution >= 4 is 27.5 Å². The SMILES string of the molecule is O=C(CC(F)=C(F)F)Nc1ccc(Br)cc1. The first-order valence-corrected chi connectivity index (χ1v) is 5.03. The van der Waals surface area contributed by atoms with Gasteiger partial charge in [0.1, 0.15) is 0 Å². The molecule has 0 atom stereocenters. The van der Waals surface area contributed by atoms with Crippen molar-refractivity contribution in [2.24, 2.45) is 0 Å². The summed E-state index contributed by atoms with van der Waals surface area (Å²) in [5.74, 6) is -2.54. The monoisotopic (exact) mass is 293 g/mol. The van der Waals surface area contributed by atoms with Crippen molar-refractivity contribution in [3.05, 3.63) is 40.6 Å². The minimum absolute atomic E-state index is 0.417. The van der Waals surface area contributed by atoms with Crippen molar-refractivity contribution in [3.8, 4) is 0 Å². The second-order valence-electron chi connectivity index (χ2n) is 2.90. The molecule has 0 saturated carbocycles. The lowest BCUT2D eigenvalue weighted by atomic mass is 10.3. The third-order valence-corrected chi connectivity index (χ3v) is 2.18. The Hall–Kier alpha value is -1.30. The summed E-state index contributed by atoms with van der Waals surface area (Å²) in [6.45, 7) is 0. The number of carbonyl (C=O) groups is 1. The third-order valence-electron chi connectivity index (χ3n) is 1.65. The van der Waals surface area contributed by atoms with Gasteiger partial charge in [-0.1, -0.05) is 15.9 Å². The summed E-state index contributed by atoms with van der Waals surface area (Å²) in [6.07, 6.45) is -3.43. The molecule has 0 heterocycles. The van der Waals surface area contributed by atoms with E-state index < -0.39 is 24.2 Å². The zero-order valence-corrected chi connectivity index (χ0v) is 9.52. The van der Waals surface area contributed by atoms with E-state index in [1.54, 1.807) is 24.3 Å². The number of rotatable bonds is 3. The van der Waals surface area contributed by atoms with Crippen LogP contribution < -0.4 is 5.32 Å². The van der Waals surface area contributed by atoms with Crippen LogP contribution in [0, 0.1) is 0 Å². The molecule has 2 nitrogen and oxygen atoms in total. The maximum Gasteiger partial charge on any atom is 0.302 e. The Kier molecular flexibility index (Phi) is 4.54. The van der Waals surface area contributed by atoms with E-state index in [1.807, 2.05) is 0 Å². The van der Waals surface area contributed by atoms with Crippen LogP contribution in [0.25, 0.3) is 0 Å². The van der Waals surface area contributed by atoms with Crippen LogP contribution in [0.1, 0.15) is 6.42 Å². The Bertz CT molecular complexity index is 413. The van der Waals surface area contributed by atoms with Gasteiger partial charge in [0.05, 0.1) is 6.42 Å². The molecule has 0 aromatic heterocycles. The van der Waals surface area contributed by atoms with Gasteiger partial charge >= 0.3 is 6.08 Å². The lowest BCUT2D eigenvalue weighted by molar-refractivity contribution is -0.115. The Labute approximate surface area is 98.3 Å². The first-order chi connectivity index (χ1) is 7.49. The zero-order chi connectivity index (χ0) is 12.1. The smallest absolute Gasteiger partial charge is 0.302 e. The maximum absolute atomic E-state index is 12.4. The van der Waals surface area contributed by atoms with Gasteiger partial charge in [0, 0.05) is 10.2 Å². The second kappa shape index (κ2) is 5.69. The van der Waals surface area contributed by atoms with Gasteiger partial charge < -0.3 is 5.32 Å². The van der Waals surface area contributed by atoms with Crippen LogP contribution in [0.2, 0.25) is 0 Å². The predicted molar refractivity (Wildman–Crippen MR) is 57.7 cm³/mol. The highest BCUT2D eigenvalue weighted by Gasteiger charge is 2.11. The van der Waals surface area contributed by atoms with Gasteiger partial charge in [-0.3, -0.25) is 4.79 Å². The highest BCUT2D eigenvalue weighted by Crippen LogP contribution is 2.16. The summed E-state index contributed by atoms with van der Waals surface area (Å²) < 4.78 is 36.6. The van der Waals surface area contributed by atoms with Gasteiger partial charge in [-0.25, -0.2) is 4.39 Å². The molecule has 0 aliphatic heterocycles. The molecule has 16 heavy (non-hydrogen) atoms. The maximum atomic E-state index is 12.4. The molecule has 0 radical (unpaired) electrons. The molecular formula is C10H7BrF3NO. The van der Waals surface area contributed by atoms with E-state index in [9.17, 15) is 18.0 Å². The number of carbonyl (C=O) groups excluding carboxylic acids is 1. The van der Waals surface area contributed by atoms with E-state index in [1.165, 1.54) is 0 Å². The topological polar surface area (TPSA) is 29.1 Å². The molecule has 0 unspecified atom stereocenters. The molecule has 0 saturated heterocycles. The van der Waals surface area contributed by atoms with E-state index in [4.69, 9.17) is 0 Å². The Morgan fingerprint density at radius 3 is 2.25 bits per heavy atom. The summed E-state index contributed by atoms with van der Waals surface area (Å²) in [5.41, 5.74) is 0.417. The Morgan fingerprint density at radius 1 is 1.19 bits per heavy atom. The molecule has 0 bridgehead atoms. The molecule has 0 spiro atoms. The van der Waals surface area contributed by atoms with Gasteiger partial charge in [-0.2, -0.15) is 8.78 Å². The highest BCUT2D eigenvalue weighted by atomic mass is 79.9. The van der Waals surface area contributed by atoms with Gasteiger partial charge in [-0.15, -0.1) is 0 Å². The first-order valence-electron chi connectivity index (χ1n) is 4.24. The second-order valence-corrected chi connectivity index (χ2v) is 3.81. The van der Waals surface area contributed by atoms with Crippen molar-refractivity contribution < 1.29 is 18.0 Å². The highest BCUT2D eigenvalue weighted by molar-refractivity contribution is 9.10. The van der Waals surface area contributed by atoms with Crippen molar-refractivity contribution in [1.82, 2.24) is 0 Å². The molecule has 86 valence electrons. The van der Waals surface area contributed by atoms with E-state index >= 15 is 0 Å². The molecule has 1 N–H and O–H groups in total. The number of hydrogen-bond acceptors (Lipinski definition) is 1. The van der Waals surface area contributed by atoms with Gasteiger partial charge in [0.25, 0.3) is 0 Å². The number of hydrogen-bond donors (Lipinski definition) is 1. The number of nitrogens with one attached hydrogen (secondary N) is 1. The minimum Gasteiger partial charge on any atom is -0.326 e. The average molecular weight is 294 g/mol. The number of amides is 1. The van der Waals surface area contributed by atoms with Gasteiger partial charge in [0.15, 0.2) is 5.83 Å². The molecule has 1 aromatic rings. The normalized spacial score (nSPS) is 9.75. The molecule has 1 rings (SSSR count). The van der Waals surface area contributed by atoms with Crippen molar-refractivity contribution in [2.75, 3.05) is 5.32 Å². The van der Waals surface area contributed by atoms with E-state index in [0.29, 0.717) is 5.69 Å². The lowest BCUT2D eigenvalue weighted by Crippen LogP contribution is -2.11. The van der Waals surface area contributed by atoms with Crippen LogP contribution in [0.15, 0.2) is 40.6 Å². The molecular weight excluding hydrogens is 287 g/mol. The van der Waals surface area contributed by atoms with E-state index in [0.717, 1.165) is 4.47 Å². The summed E-state index contributed by atoms with van der Waals surface area (Å²) in [4.78, 5) is 11.1. The van der Waals surface area contributed by atoms with Crippen molar-refractivity contribution in [1.29, 1.82) is 0 Å². The van der Waals surface area contributed by atoms with Crippen molar-refractivity contribution in [3.63, 3.8) is 0 Å². The fourth-order valence-corrected chi connectivity index (χ4v) is 1.21. The van der Waals surface area contributed by atoms with Crippen LogP contribution >= 0.6 is 15.9 Å². The number of anilines is 1. The van der Waals surface area contributed by atoms with Gasteiger partial charge in [-0.05, 0) is 24.3 Å². The predicted octanol–water partition coefficient (Wildman–Crippen LogP) is 3.86. The molecule has 0 fully saturated rings. The number of benzene rings is 1. The van der Waals surface area contributed by atoms with Gasteiger partial charge in [0.2, 0.25) is 5.91 Å². The largest absolute Gasteiger partial charge is 0.326 e. The summed E-state index contributed by atoms with van der Waals surface area (Å²) >= 11 is 3.19. The summed E-state index contributed by atoms with van der Waals surface area (Å²) in [7, 11) is 0. The molecule has 0 aliphatic rings. The molecule has 1 amide bonds. The van der Waals surface area contributed by atoms with E-state index in [2.05, 4.69) is 21.2 Å². The van der Waals surface area contributed by atoms with Crippen LogP contribution in [0.5, 0.6) is 0 Å². The van der Waals surface area contributed by atoms with Crippen molar-refractivity contribution in [2.45, 2.75) is 6.42 Å². The first kappa shape index (κ1) is 12.8. The summed E-state index contributed by atoms with van der Waals surface area (Å²) in [6, 6.07) is 6.46. The van der Waals surface area contributed by atoms with Crippen LogP contribution in [0.4, 0.5) is 18.9 Å². The van der Waals surface area contributed by atoms with E-state index in [-0.39, 0.29) is 0 Å². The van der Waals surface area contributed by atoms with Crippen LogP contribution in [-0.2, 0) is 4.79 Å². The molecule has 0 aliphatic carbocycles. The minimum atomic E-state index is -2.47. The molecule has 1 aromatic carbocycles. The summed E-state index contributed by atoms with van der Waals surface area (Å²) in [5, 5.41) is 2.29. The Balaban J connectivity index is 2.59. The molecule has 6 heteroatoms.